The predicted octanol–water partition coefficient (Wildman–Crippen LogP) is 0.786. The first-order chi connectivity index (χ1) is 5.86. The molecule has 0 amide bonds. The lowest BCUT2D eigenvalue weighted by molar-refractivity contribution is 0.201. The number of thioether (sulfide) groups is 1. The van der Waals surface area contributed by atoms with Gasteiger partial charge < -0.3 is 10.2 Å². The van der Waals surface area contributed by atoms with Crippen LogP contribution in [0.3, 0.4) is 0 Å². The molecule has 70 valence electrons. The van der Waals surface area contributed by atoms with E-state index in [2.05, 4.69) is 29.0 Å². The van der Waals surface area contributed by atoms with Gasteiger partial charge in [-0.1, -0.05) is 0 Å². The zero-order valence-electron chi connectivity index (χ0n) is 7.75. The van der Waals surface area contributed by atoms with Gasteiger partial charge in [-0.2, -0.15) is 11.8 Å². The second kappa shape index (κ2) is 3.99. The highest BCUT2D eigenvalue weighted by Gasteiger charge is 2.24. The van der Waals surface area contributed by atoms with Crippen LogP contribution in [0, 0.1) is 0 Å². The highest BCUT2D eigenvalue weighted by atomic mass is 32.2. The maximum absolute atomic E-state index is 3.45. The summed E-state index contributed by atoms with van der Waals surface area (Å²) in [5, 5.41) is 3.45. The number of likely N-dealkylation sites (N-methyl/N-ethyl adjacent to an activating group) is 1. The molecule has 2 nitrogen and oxygen atoms in total. The molecule has 2 atom stereocenters. The first-order valence-corrected chi connectivity index (χ1v) is 6.03. The topological polar surface area (TPSA) is 15.3 Å². The molecule has 0 bridgehead atoms. The van der Waals surface area contributed by atoms with Crippen molar-refractivity contribution in [3.63, 3.8) is 0 Å². The lowest BCUT2D eigenvalue weighted by Gasteiger charge is -2.34. The molecule has 2 fully saturated rings. The molecule has 2 saturated heterocycles. The molecule has 0 radical (unpaired) electrons. The first-order valence-electron chi connectivity index (χ1n) is 4.87. The Balaban J connectivity index is 1.71. The van der Waals surface area contributed by atoms with Crippen molar-refractivity contribution in [2.45, 2.75) is 24.9 Å². The van der Waals surface area contributed by atoms with Crippen LogP contribution in [-0.4, -0.2) is 48.6 Å². The van der Waals surface area contributed by atoms with E-state index < -0.39 is 0 Å². The largest absolute Gasteiger partial charge is 0.313 e. The Morgan fingerprint density at radius 3 is 2.83 bits per heavy atom. The fourth-order valence-electron chi connectivity index (χ4n) is 1.87. The molecule has 3 heteroatoms. The van der Waals surface area contributed by atoms with Crippen molar-refractivity contribution in [1.29, 1.82) is 0 Å². The average molecular weight is 186 g/mol. The molecule has 0 aromatic carbocycles. The van der Waals surface area contributed by atoms with E-state index in [4.69, 9.17) is 0 Å². The van der Waals surface area contributed by atoms with E-state index in [1.54, 1.807) is 0 Å². The Kier molecular flexibility index (Phi) is 2.94. The van der Waals surface area contributed by atoms with Crippen LogP contribution in [0.4, 0.5) is 0 Å². The van der Waals surface area contributed by atoms with Crippen LogP contribution in [0.15, 0.2) is 0 Å². The number of hydrogen-bond donors (Lipinski definition) is 1. The molecule has 1 N–H and O–H groups in total. The van der Waals surface area contributed by atoms with Crippen LogP contribution >= 0.6 is 11.8 Å². The van der Waals surface area contributed by atoms with E-state index in [0.717, 1.165) is 12.1 Å². The van der Waals surface area contributed by atoms with Gasteiger partial charge in [-0.25, -0.2) is 0 Å². The molecule has 0 aliphatic carbocycles. The van der Waals surface area contributed by atoms with Gasteiger partial charge in [0, 0.05) is 24.4 Å². The molecule has 0 spiro atoms. The molecule has 2 rings (SSSR count). The predicted molar refractivity (Wildman–Crippen MR) is 54.8 cm³/mol. The van der Waals surface area contributed by atoms with Crippen LogP contribution in [0.25, 0.3) is 0 Å². The van der Waals surface area contributed by atoms with Gasteiger partial charge in [0.25, 0.3) is 0 Å². The fraction of sp³-hybridized carbons (Fsp3) is 1.00. The van der Waals surface area contributed by atoms with E-state index in [0.29, 0.717) is 0 Å². The van der Waals surface area contributed by atoms with Crippen LogP contribution in [0.2, 0.25) is 0 Å². The summed E-state index contributed by atoms with van der Waals surface area (Å²) < 4.78 is 0. The van der Waals surface area contributed by atoms with E-state index in [-0.39, 0.29) is 0 Å². The number of nitrogens with zero attached hydrogens (tertiary/aromatic N) is 1. The van der Waals surface area contributed by atoms with Crippen molar-refractivity contribution >= 4 is 11.8 Å². The summed E-state index contributed by atoms with van der Waals surface area (Å²) >= 11 is 2.10. The SMILES string of the molecule is CN(CC1CCN1)C1CCSC1. The van der Waals surface area contributed by atoms with Crippen LogP contribution in [0.5, 0.6) is 0 Å². The van der Waals surface area contributed by atoms with Crippen molar-refractivity contribution < 1.29 is 0 Å². The van der Waals surface area contributed by atoms with Gasteiger partial charge in [-0.05, 0) is 32.2 Å². The number of rotatable bonds is 3. The second-order valence-electron chi connectivity index (χ2n) is 3.90. The summed E-state index contributed by atoms with van der Waals surface area (Å²) in [6.07, 6.45) is 2.78. The van der Waals surface area contributed by atoms with E-state index >= 15 is 0 Å². The molecule has 2 aliphatic rings. The summed E-state index contributed by atoms with van der Waals surface area (Å²) in [7, 11) is 2.27. The van der Waals surface area contributed by atoms with Crippen molar-refractivity contribution in [2.75, 3.05) is 31.6 Å². The number of nitrogens with one attached hydrogen (secondary N) is 1. The van der Waals surface area contributed by atoms with Gasteiger partial charge in [0.1, 0.15) is 0 Å². The molecular weight excluding hydrogens is 168 g/mol. The molecule has 2 unspecified atom stereocenters. The van der Waals surface area contributed by atoms with Gasteiger partial charge in [0.15, 0.2) is 0 Å². The Labute approximate surface area is 79.1 Å². The van der Waals surface area contributed by atoms with Gasteiger partial charge in [-0.15, -0.1) is 0 Å². The van der Waals surface area contributed by atoms with Crippen molar-refractivity contribution in [3.05, 3.63) is 0 Å². The lowest BCUT2D eigenvalue weighted by Crippen LogP contribution is -2.51. The summed E-state index contributed by atoms with van der Waals surface area (Å²) in [6.45, 7) is 2.49. The maximum atomic E-state index is 3.45. The van der Waals surface area contributed by atoms with Gasteiger partial charge in [0.2, 0.25) is 0 Å². The Bertz CT molecular complexity index is 141. The summed E-state index contributed by atoms with van der Waals surface area (Å²) in [5.41, 5.74) is 0. The zero-order chi connectivity index (χ0) is 8.39. The summed E-state index contributed by atoms with van der Waals surface area (Å²) in [6, 6.07) is 1.65. The summed E-state index contributed by atoms with van der Waals surface area (Å²) in [5.74, 6) is 2.72. The third kappa shape index (κ3) is 1.95. The molecule has 12 heavy (non-hydrogen) atoms. The third-order valence-electron chi connectivity index (χ3n) is 2.96. The van der Waals surface area contributed by atoms with Crippen molar-refractivity contribution in [2.24, 2.45) is 0 Å². The Morgan fingerprint density at radius 1 is 1.50 bits per heavy atom. The Morgan fingerprint density at radius 2 is 2.33 bits per heavy atom. The van der Waals surface area contributed by atoms with Gasteiger partial charge in [-0.3, -0.25) is 0 Å². The highest BCUT2D eigenvalue weighted by molar-refractivity contribution is 7.99. The maximum Gasteiger partial charge on any atom is 0.0207 e. The standard InChI is InChI=1S/C9H18N2S/c1-11(6-8-2-4-10-8)9-3-5-12-7-9/h8-10H,2-7H2,1H3. The minimum absolute atomic E-state index is 0.792. The Hall–Kier alpha value is 0.270. The highest BCUT2D eigenvalue weighted by Crippen LogP contribution is 2.21. The quantitative estimate of drug-likeness (QED) is 0.701. The summed E-state index contributed by atoms with van der Waals surface area (Å²) in [4.78, 5) is 2.54. The molecule has 2 aliphatic heterocycles. The molecular formula is C9H18N2S. The molecule has 0 aromatic rings. The fourth-order valence-corrected chi connectivity index (χ4v) is 3.17. The van der Waals surface area contributed by atoms with E-state index in [9.17, 15) is 0 Å². The normalized spacial score (nSPS) is 35.5. The molecule has 2 heterocycles. The lowest BCUT2D eigenvalue weighted by atomic mass is 10.1. The smallest absolute Gasteiger partial charge is 0.0207 e. The van der Waals surface area contributed by atoms with E-state index in [1.165, 1.54) is 37.4 Å². The second-order valence-corrected chi connectivity index (χ2v) is 5.05. The van der Waals surface area contributed by atoms with Crippen LogP contribution in [0.1, 0.15) is 12.8 Å². The average Bonchev–Trinajstić information content (AvgIpc) is 2.47. The van der Waals surface area contributed by atoms with Gasteiger partial charge in [0.05, 0.1) is 0 Å². The third-order valence-corrected chi connectivity index (χ3v) is 4.11. The molecule has 0 aromatic heterocycles. The van der Waals surface area contributed by atoms with Crippen molar-refractivity contribution in [3.8, 4) is 0 Å². The minimum atomic E-state index is 0.792. The minimum Gasteiger partial charge on any atom is -0.313 e. The van der Waals surface area contributed by atoms with Crippen LogP contribution < -0.4 is 5.32 Å². The monoisotopic (exact) mass is 186 g/mol. The zero-order valence-corrected chi connectivity index (χ0v) is 8.57. The first kappa shape index (κ1) is 8.85. The van der Waals surface area contributed by atoms with Crippen molar-refractivity contribution in [1.82, 2.24) is 10.2 Å². The van der Waals surface area contributed by atoms with Crippen LogP contribution in [-0.2, 0) is 0 Å². The molecule has 0 saturated carbocycles. The van der Waals surface area contributed by atoms with Gasteiger partial charge >= 0.3 is 0 Å². The number of hydrogen-bond acceptors (Lipinski definition) is 3. The van der Waals surface area contributed by atoms with E-state index in [1.807, 2.05) is 0 Å².